The van der Waals surface area contributed by atoms with E-state index in [0.717, 1.165) is 30.8 Å². The first-order valence-corrected chi connectivity index (χ1v) is 9.32. The van der Waals surface area contributed by atoms with Crippen molar-refractivity contribution in [2.45, 2.75) is 69.2 Å². The lowest BCUT2D eigenvalue weighted by atomic mass is 9.86. The van der Waals surface area contributed by atoms with E-state index in [1.54, 1.807) is 0 Å². The molecule has 128 valence electrons. The first kappa shape index (κ1) is 17.2. The van der Waals surface area contributed by atoms with E-state index in [0.29, 0.717) is 24.2 Å². The molecule has 1 aromatic carbocycles. The summed E-state index contributed by atoms with van der Waals surface area (Å²) in [5.41, 5.74) is 7.46. The van der Waals surface area contributed by atoms with Gasteiger partial charge in [-0.15, -0.1) is 0 Å². The van der Waals surface area contributed by atoms with E-state index in [9.17, 15) is 0 Å². The summed E-state index contributed by atoms with van der Waals surface area (Å²) in [6.45, 7) is 1.15. The number of nitrogens with two attached hydrogens (primary N) is 1. The van der Waals surface area contributed by atoms with Crippen LogP contribution in [0.2, 0.25) is 5.02 Å². The second kappa shape index (κ2) is 7.98. The second-order valence-electron chi connectivity index (χ2n) is 7.17. The lowest BCUT2D eigenvalue weighted by molar-refractivity contribution is -0.0143. The third-order valence-corrected chi connectivity index (χ3v) is 5.89. The fraction of sp³-hybridized carbons (Fsp3) is 0.684. The van der Waals surface area contributed by atoms with Gasteiger partial charge in [0.15, 0.2) is 0 Å². The van der Waals surface area contributed by atoms with Gasteiger partial charge in [0, 0.05) is 36.8 Å². The van der Waals surface area contributed by atoms with Gasteiger partial charge in [0.2, 0.25) is 0 Å². The zero-order valence-corrected chi connectivity index (χ0v) is 14.8. The molecular weight excluding hydrogens is 308 g/mol. The van der Waals surface area contributed by atoms with Crippen LogP contribution in [-0.2, 0) is 11.2 Å². The average Bonchev–Trinajstić information content (AvgIpc) is 2.58. The van der Waals surface area contributed by atoms with Gasteiger partial charge < -0.3 is 10.5 Å². The molecule has 1 heterocycles. The molecule has 1 saturated heterocycles. The normalized spacial score (nSPS) is 32.8. The van der Waals surface area contributed by atoms with Crippen molar-refractivity contribution < 1.29 is 4.74 Å². The monoisotopic (exact) mass is 336 g/mol. The standard InChI is InChI=1S/C19H29ClN2O/c1-23-19-10-11-22(17-8-6-16(21)7-9-17)18(13-19)12-14-2-4-15(20)5-3-14/h2-5,16-19H,6-13,21H2,1H3/t16?,17?,18-,19+/m0/s1. The molecule has 2 atom stereocenters. The van der Waals surface area contributed by atoms with Crippen molar-refractivity contribution in [1.29, 1.82) is 0 Å². The maximum atomic E-state index is 6.09. The van der Waals surface area contributed by atoms with E-state index in [4.69, 9.17) is 22.1 Å². The highest BCUT2D eigenvalue weighted by molar-refractivity contribution is 6.30. The Balaban J connectivity index is 1.69. The van der Waals surface area contributed by atoms with E-state index in [2.05, 4.69) is 17.0 Å². The van der Waals surface area contributed by atoms with Crippen LogP contribution in [0.5, 0.6) is 0 Å². The Bertz CT molecular complexity index is 485. The van der Waals surface area contributed by atoms with Gasteiger partial charge >= 0.3 is 0 Å². The highest BCUT2D eigenvalue weighted by Gasteiger charge is 2.34. The summed E-state index contributed by atoms with van der Waals surface area (Å²) in [5.74, 6) is 0. The lowest BCUT2D eigenvalue weighted by Crippen LogP contribution is -2.52. The molecule has 3 nitrogen and oxygen atoms in total. The third-order valence-electron chi connectivity index (χ3n) is 5.64. The molecule has 2 fully saturated rings. The van der Waals surface area contributed by atoms with Crippen LogP contribution in [0.1, 0.15) is 44.1 Å². The Kier molecular flexibility index (Phi) is 5.97. The van der Waals surface area contributed by atoms with Crippen molar-refractivity contribution in [2.24, 2.45) is 5.73 Å². The smallest absolute Gasteiger partial charge is 0.0598 e. The zero-order chi connectivity index (χ0) is 16.2. The van der Waals surface area contributed by atoms with Crippen LogP contribution >= 0.6 is 11.6 Å². The van der Waals surface area contributed by atoms with Crippen LogP contribution in [0.3, 0.4) is 0 Å². The van der Waals surface area contributed by atoms with Crippen LogP contribution in [0.25, 0.3) is 0 Å². The molecule has 0 radical (unpaired) electrons. The summed E-state index contributed by atoms with van der Waals surface area (Å²) in [6, 6.07) is 9.99. The van der Waals surface area contributed by atoms with Crippen molar-refractivity contribution in [3.63, 3.8) is 0 Å². The number of ether oxygens (including phenoxy) is 1. The van der Waals surface area contributed by atoms with Gasteiger partial charge in [-0.1, -0.05) is 23.7 Å². The summed E-state index contributed by atoms with van der Waals surface area (Å²) in [5, 5.41) is 0.810. The van der Waals surface area contributed by atoms with Crippen LogP contribution in [0, 0.1) is 0 Å². The Morgan fingerprint density at radius 3 is 2.48 bits per heavy atom. The molecule has 23 heavy (non-hydrogen) atoms. The molecular formula is C19H29ClN2O. The van der Waals surface area contributed by atoms with Crippen molar-refractivity contribution in [3.05, 3.63) is 34.9 Å². The van der Waals surface area contributed by atoms with Crippen LogP contribution in [-0.4, -0.2) is 42.8 Å². The molecule has 3 rings (SSSR count). The molecule has 0 bridgehead atoms. The third kappa shape index (κ3) is 4.48. The largest absolute Gasteiger partial charge is 0.381 e. The number of halogens is 1. The fourth-order valence-corrected chi connectivity index (χ4v) is 4.38. The fourth-order valence-electron chi connectivity index (χ4n) is 4.25. The minimum Gasteiger partial charge on any atom is -0.381 e. The van der Waals surface area contributed by atoms with Gasteiger partial charge in [-0.3, -0.25) is 4.90 Å². The predicted molar refractivity (Wildman–Crippen MR) is 95.9 cm³/mol. The molecule has 0 unspecified atom stereocenters. The summed E-state index contributed by atoms with van der Waals surface area (Å²) in [6.07, 6.45) is 8.59. The molecule has 2 aliphatic rings. The molecule has 0 aromatic heterocycles. The topological polar surface area (TPSA) is 38.5 Å². The quantitative estimate of drug-likeness (QED) is 0.912. The first-order chi connectivity index (χ1) is 11.2. The van der Waals surface area contributed by atoms with Gasteiger partial charge in [-0.2, -0.15) is 0 Å². The number of benzene rings is 1. The number of nitrogens with zero attached hydrogens (tertiary/aromatic N) is 1. The van der Waals surface area contributed by atoms with Gasteiger partial charge in [0.05, 0.1) is 6.10 Å². The van der Waals surface area contributed by atoms with Gasteiger partial charge in [0.25, 0.3) is 0 Å². The summed E-state index contributed by atoms with van der Waals surface area (Å²) in [7, 11) is 1.85. The minimum absolute atomic E-state index is 0.398. The highest BCUT2D eigenvalue weighted by atomic mass is 35.5. The average molecular weight is 337 g/mol. The molecule has 1 saturated carbocycles. The number of piperidine rings is 1. The van der Waals surface area contributed by atoms with Gasteiger partial charge in [-0.05, 0) is 62.6 Å². The molecule has 1 aromatic rings. The lowest BCUT2D eigenvalue weighted by Gasteiger charge is -2.45. The van der Waals surface area contributed by atoms with Gasteiger partial charge in [-0.25, -0.2) is 0 Å². The zero-order valence-electron chi connectivity index (χ0n) is 14.1. The van der Waals surface area contributed by atoms with E-state index in [1.165, 1.54) is 31.2 Å². The van der Waals surface area contributed by atoms with Crippen molar-refractivity contribution in [1.82, 2.24) is 4.90 Å². The molecule has 4 heteroatoms. The maximum absolute atomic E-state index is 6.09. The minimum atomic E-state index is 0.398. The molecule has 1 aliphatic carbocycles. The maximum Gasteiger partial charge on any atom is 0.0598 e. The van der Waals surface area contributed by atoms with Crippen molar-refractivity contribution >= 4 is 11.6 Å². The molecule has 0 spiro atoms. The SMILES string of the molecule is CO[C@@H]1CCN(C2CCC(N)CC2)[C@@H](Cc2ccc(Cl)cc2)C1. The Morgan fingerprint density at radius 1 is 1.13 bits per heavy atom. The molecule has 2 N–H and O–H groups in total. The summed E-state index contributed by atoms with van der Waals surface area (Å²) in [4.78, 5) is 2.75. The van der Waals surface area contributed by atoms with Gasteiger partial charge in [0.1, 0.15) is 0 Å². The number of rotatable bonds is 4. The van der Waals surface area contributed by atoms with E-state index >= 15 is 0 Å². The number of methoxy groups -OCH3 is 1. The summed E-state index contributed by atoms with van der Waals surface area (Å²) < 4.78 is 5.66. The predicted octanol–water partition coefficient (Wildman–Crippen LogP) is 3.63. The summed E-state index contributed by atoms with van der Waals surface area (Å²) >= 11 is 6.02. The number of hydrogen-bond acceptors (Lipinski definition) is 3. The molecule has 1 aliphatic heterocycles. The van der Waals surface area contributed by atoms with Crippen molar-refractivity contribution in [2.75, 3.05) is 13.7 Å². The van der Waals surface area contributed by atoms with Crippen LogP contribution in [0.15, 0.2) is 24.3 Å². The van der Waals surface area contributed by atoms with Crippen LogP contribution < -0.4 is 5.73 Å². The Morgan fingerprint density at radius 2 is 1.83 bits per heavy atom. The first-order valence-electron chi connectivity index (χ1n) is 8.94. The Hall–Kier alpha value is -0.610. The highest BCUT2D eigenvalue weighted by Crippen LogP contribution is 2.31. The van der Waals surface area contributed by atoms with E-state index in [1.807, 2.05) is 19.2 Å². The number of hydrogen-bond donors (Lipinski definition) is 1. The second-order valence-corrected chi connectivity index (χ2v) is 7.61. The number of likely N-dealkylation sites (tertiary alicyclic amines) is 1. The van der Waals surface area contributed by atoms with E-state index < -0.39 is 0 Å². The van der Waals surface area contributed by atoms with E-state index in [-0.39, 0.29) is 0 Å². The Labute approximate surface area is 145 Å². The molecule has 0 amide bonds. The van der Waals surface area contributed by atoms with Crippen LogP contribution in [0.4, 0.5) is 0 Å². The van der Waals surface area contributed by atoms with Crippen molar-refractivity contribution in [3.8, 4) is 0 Å².